The van der Waals surface area contributed by atoms with Gasteiger partial charge in [0.1, 0.15) is 5.82 Å². The molecule has 3 fully saturated rings. The quantitative estimate of drug-likeness (QED) is 0.841. The second-order valence-electron chi connectivity index (χ2n) is 8.69. The van der Waals surface area contributed by atoms with Crippen LogP contribution in [0.25, 0.3) is 0 Å². The first-order chi connectivity index (χ1) is 13.1. The van der Waals surface area contributed by atoms with E-state index in [2.05, 4.69) is 33.2 Å². The van der Waals surface area contributed by atoms with E-state index in [4.69, 9.17) is 5.73 Å². The molecule has 2 aliphatic carbocycles. The smallest absolute Gasteiger partial charge is 0.223 e. The number of likely N-dealkylation sites (N-methyl/N-ethyl adjacent to an activating group) is 1. The first-order valence-corrected chi connectivity index (χ1v) is 10.5. The molecule has 6 heteroatoms. The highest BCUT2D eigenvalue weighted by Crippen LogP contribution is 2.41. The Hall–Kier alpha value is -1.66. The van der Waals surface area contributed by atoms with Crippen LogP contribution in [0.2, 0.25) is 0 Å². The van der Waals surface area contributed by atoms with Crippen LogP contribution in [-0.2, 0) is 11.3 Å². The number of hydrogen-bond donors (Lipinski definition) is 2. The minimum atomic E-state index is 0.129. The molecule has 0 radical (unpaired) electrons. The molecule has 27 heavy (non-hydrogen) atoms. The maximum atomic E-state index is 12.8. The Balaban J connectivity index is 1.37. The first kappa shape index (κ1) is 18.7. The van der Waals surface area contributed by atoms with Gasteiger partial charge in [0.2, 0.25) is 5.91 Å². The van der Waals surface area contributed by atoms with Crippen molar-refractivity contribution in [1.29, 1.82) is 0 Å². The van der Waals surface area contributed by atoms with E-state index in [0.29, 0.717) is 24.4 Å². The van der Waals surface area contributed by atoms with E-state index in [-0.39, 0.29) is 11.8 Å². The summed E-state index contributed by atoms with van der Waals surface area (Å²) in [6.07, 6.45) is 7.43. The number of anilines is 1. The number of fused-ring (bicyclic) bond motifs is 2. The van der Waals surface area contributed by atoms with Gasteiger partial charge in [0.25, 0.3) is 0 Å². The summed E-state index contributed by atoms with van der Waals surface area (Å²) in [4.78, 5) is 22.1. The minimum absolute atomic E-state index is 0.129. The average molecular weight is 372 g/mol. The van der Waals surface area contributed by atoms with Crippen LogP contribution in [0.4, 0.5) is 5.82 Å². The van der Waals surface area contributed by atoms with E-state index in [1.807, 2.05) is 12.3 Å². The fourth-order valence-electron chi connectivity index (χ4n) is 5.20. The number of pyridine rings is 1. The van der Waals surface area contributed by atoms with Crippen molar-refractivity contribution in [2.45, 2.75) is 44.7 Å². The minimum Gasteiger partial charge on any atom is -0.354 e. The zero-order valence-corrected chi connectivity index (χ0v) is 16.4. The van der Waals surface area contributed by atoms with Gasteiger partial charge in [0, 0.05) is 56.4 Å². The fourth-order valence-corrected chi connectivity index (χ4v) is 5.20. The third-order valence-corrected chi connectivity index (χ3v) is 6.91. The summed E-state index contributed by atoms with van der Waals surface area (Å²) >= 11 is 0. The average Bonchev–Trinajstić information content (AvgIpc) is 2.67. The number of nitrogens with one attached hydrogen (secondary N) is 1. The molecule has 3 N–H and O–H groups in total. The van der Waals surface area contributed by atoms with Gasteiger partial charge in [-0.15, -0.1) is 0 Å². The van der Waals surface area contributed by atoms with Gasteiger partial charge in [-0.1, -0.05) is 12.5 Å². The van der Waals surface area contributed by atoms with Crippen LogP contribution in [0.5, 0.6) is 0 Å². The van der Waals surface area contributed by atoms with Crippen molar-refractivity contribution < 1.29 is 4.79 Å². The number of nitrogens with two attached hydrogens (primary N) is 1. The molecule has 4 rings (SSSR count). The van der Waals surface area contributed by atoms with Crippen LogP contribution < -0.4 is 16.0 Å². The summed E-state index contributed by atoms with van der Waals surface area (Å²) in [6, 6.07) is 4.36. The molecule has 0 aromatic carbocycles. The van der Waals surface area contributed by atoms with Gasteiger partial charge in [-0.2, -0.15) is 0 Å². The fraction of sp³-hybridized carbons (Fsp3) is 0.714. The molecular weight excluding hydrogens is 338 g/mol. The normalized spacial score (nSPS) is 31.6. The number of rotatable bonds is 4. The highest BCUT2D eigenvalue weighted by molar-refractivity contribution is 5.79. The molecule has 0 spiro atoms. The van der Waals surface area contributed by atoms with Crippen molar-refractivity contribution >= 4 is 11.7 Å². The molecule has 2 unspecified atom stereocenters. The van der Waals surface area contributed by atoms with Crippen molar-refractivity contribution in [1.82, 2.24) is 15.2 Å². The monoisotopic (exact) mass is 371 g/mol. The molecule has 1 amide bonds. The Morgan fingerprint density at radius 2 is 1.93 bits per heavy atom. The molecular formula is C21H33N5O. The number of piperazine rings is 1. The predicted octanol–water partition coefficient (Wildman–Crippen LogP) is 1.60. The standard InChI is InChI=1S/C21H33N5O/c1-25-8-10-26(11-9-25)20-17(6-3-7-23-20)14-24-21(27)18-12-15-4-2-5-16(13-18)19(15)22/h3,6-7,15-16,18-19H,2,4-5,8-14,22H2,1H3,(H,24,27). The molecule has 2 bridgehead atoms. The highest BCUT2D eigenvalue weighted by Gasteiger charge is 2.40. The Morgan fingerprint density at radius 3 is 2.63 bits per heavy atom. The highest BCUT2D eigenvalue weighted by atomic mass is 16.1. The van der Waals surface area contributed by atoms with Gasteiger partial charge in [0.15, 0.2) is 0 Å². The lowest BCUT2D eigenvalue weighted by Gasteiger charge is -2.43. The van der Waals surface area contributed by atoms with Gasteiger partial charge in [-0.3, -0.25) is 4.79 Å². The van der Waals surface area contributed by atoms with Crippen LogP contribution in [0.15, 0.2) is 18.3 Å². The van der Waals surface area contributed by atoms with Gasteiger partial charge in [-0.25, -0.2) is 4.98 Å². The topological polar surface area (TPSA) is 74.5 Å². The molecule has 1 aliphatic heterocycles. The maximum Gasteiger partial charge on any atom is 0.223 e. The van der Waals surface area contributed by atoms with Crippen LogP contribution in [0, 0.1) is 17.8 Å². The Morgan fingerprint density at radius 1 is 1.22 bits per heavy atom. The SMILES string of the molecule is CN1CCN(c2ncccc2CNC(=O)C2CC3CCCC(C2)C3N)CC1. The molecule has 2 atom stereocenters. The molecule has 6 nitrogen and oxygen atoms in total. The number of carbonyl (C=O) groups excluding carboxylic acids is 1. The third-order valence-electron chi connectivity index (χ3n) is 6.91. The molecule has 1 aromatic rings. The Labute approximate surface area is 162 Å². The van der Waals surface area contributed by atoms with Crippen LogP contribution >= 0.6 is 0 Å². The molecule has 2 saturated carbocycles. The molecule has 1 aromatic heterocycles. The second-order valence-corrected chi connectivity index (χ2v) is 8.69. The van der Waals surface area contributed by atoms with Crippen molar-refractivity contribution in [3.05, 3.63) is 23.9 Å². The van der Waals surface area contributed by atoms with Crippen molar-refractivity contribution in [2.75, 3.05) is 38.1 Å². The predicted molar refractivity (Wildman–Crippen MR) is 107 cm³/mol. The van der Waals surface area contributed by atoms with Crippen LogP contribution in [0.3, 0.4) is 0 Å². The summed E-state index contributed by atoms with van der Waals surface area (Å²) < 4.78 is 0. The molecule has 1 saturated heterocycles. The van der Waals surface area contributed by atoms with Crippen molar-refractivity contribution in [3.8, 4) is 0 Å². The summed E-state index contributed by atoms with van der Waals surface area (Å²) in [7, 11) is 2.16. The summed E-state index contributed by atoms with van der Waals surface area (Å²) in [5, 5.41) is 3.20. The number of aromatic nitrogens is 1. The van der Waals surface area contributed by atoms with E-state index in [0.717, 1.165) is 50.4 Å². The molecule has 3 aliphatic rings. The summed E-state index contributed by atoms with van der Waals surface area (Å²) in [5.41, 5.74) is 7.49. The van der Waals surface area contributed by atoms with Crippen molar-refractivity contribution in [2.24, 2.45) is 23.5 Å². The number of carbonyl (C=O) groups is 1. The van der Waals surface area contributed by atoms with E-state index in [1.165, 1.54) is 19.3 Å². The van der Waals surface area contributed by atoms with Gasteiger partial charge < -0.3 is 20.9 Å². The summed E-state index contributed by atoms with van der Waals surface area (Å²) in [5.74, 6) is 2.42. The zero-order chi connectivity index (χ0) is 18.8. The van der Waals surface area contributed by atoms with E-state index >= 15 is 0 Å². The molecule has 2 heterocycles. The first-order valence-electron chi connectivity index (χ1n) is 10.5. The third kappa shape index (κ3) is 4.11. The van der Waals surface area contributed by atoms with Crippen LogP contribution in [0.1, 0.15) is 37.7 Å². The van der Waals surface area contributed by atoms with E-state index in [9.17, 15) is 4.79 Å². The zero-order valence-electron chi connectivity index (χ0n) is 16.4. The largest absolute Gasteiger partial charge is 0.354 e. The lowest BCUT2D eigenvalue weighted by atomic mass is 9.65. The lowest BCUT2D eigenvalue weighted by Crippen LogP contribution is -2.49. The van der Waals surface area contributed by atoms with E-state index in [1.54, 1.807) is 0 Å². The Bertz CT molecular complexity index is 644. The maximum absolute atomic E-state index is 12.8. The molecule has 148 valence electrons. The number of amides is 1. The lowest BCUT2D eigenvalue weighted by molar-refractivity contribution is -0.128. The number of nitrogens with zero attached hydrogens (tertiary/aromatic N) is 3. The van der Waals surface area contributed by atoms with E-state index < -0.39 is 0 Å². The van der Waals surface area contributed by atoms with Gasteiger partial charge >= 0.3 is 0 Å². The van der Waals surface area contributed by atoms with Crippen molar-refractivity contribution in [3.63, 3.8) is 0 Å². The Kier molecular flexibility index (Phi) is 5.64. The van der Waals surface area contributed by atoms with Gasteiger partial charge in [0.05, 0.1) is 0 Å². The van der Waals surface area contributed by atoms with Crippen LogP contribution in [-0.4, -0.2) is 55.1 Å². The van der Waals surface area contributed by atoms with Gasteiger partial charge in [-0.05, 0) is 50.6 Å². The number of hydrogen-bond acceptors (Lipinski definition) is 5. The second kappa shape index (κ2) is 8.15. The summed E-state index contributed by atoms with van der Waals surface area (Å²) in [6.45, 7) is 4.63.